The largest absolute Gasteiger partial charge is 0.508 e. The molecule has 0 bridgehead atoms. The molecule has 31 heavy (non-hydrogen) atoms. The zero-order valence-corrected chi connectivity index (χ0v) is 17.2. The number of aromatic hydroxyl groups is 1. The van der Waals surface area contributed by atoms with Gasteiger partial charge >= 0.3 is 5.69 Å². The van der Waals surface area contributed by atoms with Crippen molar-refractivity contribution in [2.75, 3.05) is 0 Å². The molecule has 2 N–H and O–H groups in total. The van der Waals surface area contributed by atoms with Gasteiger partial charge in [0.2, 0.25) is 0 Å². The van der Waals surface area contributed by atoms with E-state index in [-0.39, 0.29) is 17.8 Å². The van der Waals surface area contributed by atoms with Crippen LogP contribution >= 0.6 is 0 Å². The number of hydrogen-bond donors (Lipinski definition) is 2. The van der Waals surface area contributed by atoms with Gasteiger partial charge in [0, 0.05) is 23.5 Å². The Hall–Kier alpha value is -4.00. The fourth-order valence-electron chi connectivity index (χ4n) is 3.50. The number of phenols is 1. The van der Waals surface area contributed by atoms with Crippen LogP contribution in [0.4, 0.5) is 0 Å². The first kappa shape index (κ1) is 20.3. The van der Waals surface area contributed by atoms with Crippen LogP contribution in [0.15, 0.2) is 70.6 Å². The van der Waals surface area contributed by atoms with Crippen LogP contribution in [0.2, 0.25) is 0 Å². The summed E-state index contributed by atoms with van der Waals surface area (Å²) in [6.07, 6.45) is 5.63. The molecule has 0 spiro atoms. The molecule has 7 heteroatoms. The van der Waals surface area contributed by atoms with Crippen molar-refractivity contribution in [1.29, 1.82) is 0 Å². The van der Waals surface area contributed by atoms with Crippen molar-refractivity contribution < 1.29 is 9.90 Å². The van der Waals surface area contributed by atoms with Gasteiger partial charge in [-0.05, 0) is 66.9 Å². The van der Waals surface area contributed by atoms with Crippen LogP contribution in [0.1, 0.15) is 29.3 Å². The first-order valence-electron chi connectivity index (χ1n) is 10.0. The number of nitrogens with zero attached hydrogens (tertiary/aromatic N) is 3. The molecule has 1 aromatic heterocycles. The highest BCUT2D eigenvalue weighted by molar-refractivity contribution is 5.97. The summed E-state index contributed by atoms with van der Waals surface area (Å²) in [6, 6.07) is 13.9. The molecular formula is C24H22N4O3. The monoisotopic (exact) mass is 414 g/mol. The number of aromatic nitrogens is 2. The Morgan fingerprint density at radius 2 is 2.00 bits per heavy atom. The zero-order valence-electron chi connectivity index (χ0n) is 17.2. The predicted octanol–water partition coefficient (Wildman–Crippen LogP) is 3.89. The van der Waals surface area contributed by atoms with Gasteiger partial charge in [-0.25, -0.2) is 4.79 Å². The van der Waals surface area contributed by atoms with E-state index < -0.39 is 5.69 Å². The summed E-state index contributed by atoms with van der Waals surface area (Å²) in [6.45, 7) is 3.77. The summed E-state index contributed by atoms with van der Waals surface area (Å²) in [5.41, 5.74) is 3.15. The van der Waals surface area contributed by atoms with Crippen LogP contribution in [0.25, 0.3) is 22.5 Å². The van der Waals surface area contributed by atoms with Crippen LogP contribution in [0, 0.1) is 6.92 Å². The lowest BCUT2D eigenvalue weighted by Crippen LogP contribution is -2.36. The number of hydrogen-bond acceptors (Lipinski definition) is 5. The fourth-order valence-corrected chi connectivity index (χ4v) is 3.50. The van der Waals surface area contributed by atoms with E-state index >= 15 is 0 Å². The third kappa shape index (κ3) is 4.16. The summed E-state index contributed by atoms with van der Waals surface area (Å²) in [7, 11) is 0. The van der Waals surface area contributed by atoms with Crippen LogP contribution in [-0.4, -0.2) is 38.3 Å². The Morgan fingerprint density at radius 3 is 2.77 bits per heavy atom. The lowest BCUT2D eigenvalue weighted by molar-refractivity contribution is 0.0768. The molecule has 1 aliphatic heterocycles. The molecule has 0 aliphatic carbocycles. The number of phenolic OH excluding ortho intramolecular Hbond substituents is 1. The molecule has 0 saturated heterocycles. The topological polar surface area (TPSA) is 98.6 Å². The average molecular weight is 414 g/mol. The number of allylic oxidation sites excluding steroid dienone is 1. The Kier molecular flexibility index (Phi) is 5.49. The fraction of sp³-hybridized carbons (Fsp3) is 0.167. The summed E-state index contributed by atoms with van der Waals surface area (Å²) in [5.74, 6) is 0.0223. The highest BCUT2D eigenvalue weighted by Crippen LogP contribution is 2.27. The number of rotatable bonds is 4. The number of benzene rings is 2. The summed E-state index contributed by atoms with van der Waals surface area (Å²) < 4.78 is 0. The lowest BCUT2D eigenvalue weighted by atomic mass is 10.0. The highest BCUT2D eigenvalue weighted by atomic mass is 16.3. The van der Waals surface area contributed by atoms with Crippen molar-refractivity contribution in [1.82, 2.24) is 14.9 Å². The minimum absolute atomic E-state index is 0.166. The molecule has 0 radical (unpaired) electrons. The molecule has 156 valence electrons. The van der Waals surface area contributed by atoms with Gasteiger partial charge in [0.05, 0.1) is 11.4 Å². The van der Waals surface area contributed by atoms with Gasteiger partial charge in [0.15, 0.2) is 0 Å². The van der Waals surface area contributed by atoms with Crippen molar-refractivity contribution in [3.05, 3.63) is 82.4 Å². The second kappa shape index (κ2) is 8.39. The van der Waals surface area contributed by atoms with E-state index in [4.69, 9.17) is 0 Å². The third-order valence-electron chi connectivity index (χ3n) is 5.17. The quantitative estimate of drug-likeness (QED) is 0.676. The Bertz CT molecular complexity index is 1260. The van der Waals surface area contributed by atoms with Crippen LogP contribution < -0.4 is 5.69 Å². The first-order valence-corrected chi connectivity index (χ1v) is 10.0. The number of H-pyrrole nitrogens is 1. The number of aromatic amines is 1. The molecule has 2 heterocycles. The minimum Gasteiger partial charge on any atom is -0.508 e. The third-order valence-corrected chi connectivity index (χ3v) is 5.17. The first-order chi connectivity index (χ1) is 15.0. The van der Waals surface area contributed by atoms with Gasteiger partial charge in [-0.2, -0.15) is 4.98 Å². The van der Waals surface area contributed by atoms with E-state index in [1.54, 1.807) is 72.8 Å². The van der Waals surface area contributed by atoms with Gasteiger partial charge in [0.1, 0.15) is 11.9 Å². The maximum absolute atomic E-state index is 13.1. The number of aliphatic imine (C=N–C) groups is 1. The molecule has 3 aromatic rings. The van der Waals surface area contributed by atoms with Crippen molar-refractivity contribution >= 4 is 12.1 Å². The summed E-state index contributed by atoms with van der Waals surface area (Å²) in [5, 5.41) is 9.77. The molecule has 7 nitrogen and oxygen atoms in total. The number of nitrogens with one attached hydrogen (secondary N) is 1. The molecule has 0 saturated carbocycles. The standard InChI is InChI=1S/C24H22N4O3/c1-3-22-25-10-5-11-28(22)23(30)18-7-4-6-16(13-18)19-14-20(27-24(31)26-19)17-8-9-21(29)15(2)12-17/h4-14,22,29H,3H2,1-2H3,(H,26,27,31). The van der Waals surface area contributed by atoms with E-state index in [0.717, 1.165) is 5.56 Å². The Labute approximate surface area is 179 Å². The Balaban J connectivity index is 1.71. The van der Waals surface area contributed by atoms with Crippen molar-refractivity contribution in [3.63, 3.8) is 0 Å². The molecule has 1 amide bonds. The minimum atomic E-state index is -0.491. The van der Waals surface area contributed by atoms with Gasteiger partial charge in [-0.1, -0.05) is 19.1 Å². The van der Waals surface area contributed by atoms with Crippen molar-refractivity contribution in [2.45, 2.75) is 26.4 Å². The zero-order chi connectivity index (χ0) is 22.0. The molecule has 1 unspecified atom stereocenters. The average Bonchev–Trinajstić information content (AvgIpc) is 2.80. The second-order valence-electron chi connectivity index (χ2n) is 7.31. The smallest absolute Gasteiger partial charge is 0.345 e. The second-order valence-corrected chi connectivity index (χ2v) is 7.31. The number of aryl methyl sites for hydroxylation is 1. The van der Waals surface area contributed by atoms with Crippen molar-refractivity contribution in [2.24, 2.45) is 4.99 Å². The van der Waals surface area contributed by atoms with E-state index in [1.807, 2.05) is 13.0 Å². The SMILES string of the molecule is CCC1N=CC=CN1C(=O)c1cccc(-c2cc(-c3ccc(O)c(C)c3)[nH]c(=O)n2)c1. The predicted molar refractivity (Wildman–Crippen MR) is 120 cm³/mol. The lowest BCUT2D eigenvalue weighted by Gasteiger charge is -2.26. The van der Waals surface area contributed by atoms with Gasteiger partial charge in [0.25, 0.3) is 5.91 Å². The maximum Gasteiger partial charge on any atom is 0.345 e. The van der Waals surface area contributed by atoms with Crippen LogP contribution in [0.3, 0.4) is 0 Å². The van der Waals surface area contributed by atoms with E-state index in [1.165, 1.54) is 0 Å². The van der Waals surface area contributed by atoms with Crippen molar-refractivity contribution in [3.8, 4) is 28.3 Å². The molecule has 4 rings (SSSR count). The molecule has 1 aliphatic rings. The summed E-state index contributed by atoms with van der Waals surface area (Å²) >= 11 is 0. The molecule has 2 aromatic carbocycles. The highest BCUT2D eigenvalue weighted by Gasteiger charge is 2.22. The molecule has 1 atom stereocenters. The number of amides is 1. The van der Waals surface area contributed by atoms with E-state index in [0.29, 0.717) is 34.5 Å². The van der Waals surface area contributed by atoms with Gasteiger partial charge < -0.3 is 10.1 Å². The maximum atomic E-state index is 13.1. The summed E-state index contributed by atoms with van der Waals surface area (Å²) in [4.78, 5) is 38.1. The number of carbonyl (C=O) groups is 1. The van der Waals surface area contributed by atoms with E-state index in [2.05, 4.69) is 15.0 Å². The molecule has 0 fully saturated rings. The number of carbonyl (C=O) groups excluding carboxylic acids is 1. The van der Waals surface area contributed by atoms with Gasteiger partial charge in [-0.15, -0.1) is 0 Å². The normalized spacial score (nSPS) is 15.3. The van der Waals surface area contributed by atoms with E-state index in [9.17, 15) is 14.7 Å². The molecular weight excluding hydrogens is 392 g/mol. The Morgan fingerprint density at radius 1 is 1.16 bits per heavy atom. The van der Waals surface area contributed by atoms with Crippen LogP contribution in [-0.2, 0) is 0 Å². The van der Waals surface area contributed by atoms with Gasteiger partial charge in [-0.3, -0.25) is 14.7 Å². The van der Waals surface area contributed by atoms with Crippen LogP contribution in [0.5, 0.6) is 5.75 Å².